The second-order valence-corrected chi connectivity index (χ2v) is 3.52. The molecular weight excluding hydrogens is 142 g/mol. The SMILES string of the molecule is CC(C)CC1CN(C)C(=O)O1. The Morgan fingerprint density at radius 3 is 2.73 bits per heavy atom. The van der Waals surface area contributed by atoms with Crippen LogP contribution in [0.25, 0.3) is 0 Å². The van der Waals surface area contributed by atoms with Gasteiger partial charge in [0.2, 0.25) is 0 Å². The number of rotatable bonds is 2. The molecule has 0 radical (unpaired) electrons. The summed E-state index contributed by atoms with van der Waals surface area (Å²) in [7, 11) is 1.77. The number of likely N-dealkylation sites (N-methyl/N-ethyl adjacent to an activating group) is 1. The lowest BCUT2D eigenvalue weighted by atomic mass is 10.1. The summed E-state index contributed by atoms with van der Waals surface area (Å²) in [4.78, 5) is 12.5. The maximum atomic E-state index is 10.9. The number of hydrogen-bond donors (Lipinski definition) is 0. The molecule has 1 aliphatic rings. The molecular formula is C8H15NO2. The first-order chi connectivity index (χ1) is 5.09. The number of ether oxygens (including phenoxy) is 1. The van der Waals surface area contributed by atoms with E-state index < -0.39 is 0 Å². The average molecular weight is 157 g/mol. The Morgan fingerprint density at radius 2 is 2.36 bits per heavy atom. The lowest BCUT2D eigenvalue weighted by Crippen LogP contribution is -2.19. The average Bonchev–Trinajstić information content (AvgIpc) is 2.10. The van der Waals surface area contributed by atoms with Crippen LogP contribution in [0.3, 0.4) is 0 Å². The van der Waals surface area contributed by atoms with Gasteiger partial charge in [0.15, 0.2) is 0 Å². The molecule has 0 aromatic rings. The van der Waals surface area contributed by atoms with Crippen LogP contribution in [-0.4, -0.2) is 30.7 Å². The van der Waals surface area contributed by atoms with E-state index in [2.05, 4.69) is 13.8 Å². The van der Waals surface area contributed by atoms with E-state index in [0.29, 0.717) is 5.92 Å². The van der Waals surface area contributed by atoms with Gasteiger partial charge in [-0.15, -0.1) is 0 Å². The van der Waals surface area contributed by atoms with Crippen LogP contribution in [0.15, 0.2) is 0 Å². The van der Waals surface area contributed by atoms with E-state index in [1.807, 2.05) is 0 Å². The summed E-state index contributed by atoms with van der Waals surface area (Å²) >= 11 is 0. The van der Waals surface area contributed by atoms with Gasteiger partial charge in [-0.2, -0.15) is 0 Å². The summed E-state index contributed by atoms with van der Waals surface area (Å²) in [5.74, 6) is 0.597. The van der Waals surface area contributed by atoms with Gasteiger partial charge in [0, 0.05) is 7.05 Å². The van der Waals surface area contributed by atoms with Crippen LogP contribution in [0.4, 0.5) is 4.79 Å². The first-order valence-electron chi connectivity index (χ1n) is 4.01. The summed E-state index contributed by atoms with van der Waals surface area (Å²) in [5, 5.41) is 0. The third-order valence-corrected chi connectivity index (χ3v) is 1.79. The second kappa shape index (κ2) is 3.11. The molecule has 3 nitrogen and oxygen atoms in total. The van der Waals surface area contributed by atoms with Crippen LogP contribution < -0.4 is 0 Å². The maximum Gasteiger partial charge on any atom is 0.409 e. The van der Waals surface area contributed by atoms with Gasteiger partial charge in [0.1, 0.15) is 6.10 Å². The van der Waals surface area contributed by atoms with E-state index in [4.69, 9.17) is 4.74 Å². The van der Waals surface area contributed by atoms with Crippen molar-refractivity contribution < 1.29 is 9.53 Å². The monoisotopic (exact) mass is 157 g/mol. The van der Waals surface area contributed by atoms with E-state index in [1.54, 1.807) is 11.9 Å². The maximum absolute atomic E-state index is 10.9. The summed E-state index contributed by atoms with van der Waals surface area (Å²) in [6.07, 6.45) is 0.902. The number of nitrogens with zero attached hydrogens (tertiary/aromatic N) is 1. The molecule has 1 atom stereocenters. The molecule has 0 aromatic heterocycles. The Bertz CT molecular complexity index is 156. The van der Waals surface area contributed by atoms with Crippen molar-refractivity contribution in [1.29, 1.82) is 0 Å². The summed E-state index contributed by atoms with van der Waals surface area (Å²) < 4.78 is 5.07. The van der Waals surface area contributed by atoms with Crippen molar-refractivity contribution in [3.05, 3.63) is 0 Å². The van der Waals surface area contributed by atoms with E-state index >= 15 is 0 Å². The molecule has 1 amide bonds. The fourth-order valence-corrected chi connectivity index (χ4v) is 1.30. The number of cyclic esters (lactones) is 1. The topological polar surface area (TPSA) is 29.5 Å². The highest BCUT2D eigenvalue weighted by atomic mass is 16.6. The zero-order chi connectivity index (χ0) is 8.43. The predicted molar refractivity (Wildman–Crippen MR) is 42.4 cm³/mol. The molecule has 1 fully saturated rings. The fraction of sp³-hybridized carbons (Fsp3) is 0.875. The molecule has 0 N–H and O–H groups in total. The molecule has 64 valence electrons. The van der Waals surface area contributed by atoms with Gasteiger partial charge in [0.25, 0.3) is 0 Å². The molecule has 0 aliphatic carbocycles. The number of carbonyl (C=O) groups is 1. The fourth-order valence-electron chi connectivity index (χ4n) is 1.30. The molecule has 0 aromatic carbocycles. The quantitative estimate of drug-likeness (QED) is 0.607. The van der Waals surface area contributed by atoms with Gasteiger partial charge in [-0.05, 0) is 12.3 Å². The molecule has 1 saturated heterocycles. The minimum absolute atomic E-state index is 0.118. The minimum atomic E-state index is -0.185. The summed E-state index contributed by atoms with van der Waals surface area (Å²) in [6, 6.07) is 0. The Hall–Kier alpha value is -0.730. The Kier molecular flexibility index (Phi) is 2.37. The van der Waals surface area contributed by atoms with Crippen molar-refractivity contribution in [2.24, 2.45) is 5.92 Å². The molecule has 0 saturated carbocycles. The van der Waals surface area contributed by atoms with E-state index in [-0.39, 0.29) is 12.2 Å². The zero-order valence-corrected chi connectivity index (χ0v) is 7.33. The van der Waals surface area contributed by atoms with Crippen molar-refractivity contribution in [2.75, 3.05) is 13.6 Å². The third-order valence-electron chi connectivity index (χ3n) is 1.79. The Morgan fingerprint density at radius 1 is 1.73 bits per heavy atom. The predicted octanol–water partition coefficient (Wildman–Crippen LogP) is 1.48. The minimum Gasteiger partial charge on any atom is -0.444 e. The standard InChI is InChI=1S/C8H15NO2/c1-6(2)4-7-5-9(3)8(10)11-7/h6-7H,4-5H2,1-3H3. The number of amides is 1. The summed E-state index contributed by atoms with van der Waals surface area (Å²) in [5.41, 5.74) is 0. The lowest BCUT2D eigenvalue weighted by molar-refractivity contribution is 0.124. The van der Waals surface area contributed by atoms with Crippen molar-refractivity contribution in [1.82, 2.24) is 4.90 Å². The van der Waals surface area contributed by atoms with Gasteiger partial charge in [-0.1, -0.05) is 13.8 Å². The highest BCUT2D eigenvalue weighted by Gasteiger charge is 2.28. The summed E-state index contributed by atoms with van der Waals surface area (Å²) in [6.45, 7) is 5.01. The smallest absolute Gasteiger partial charge is 0.409 e. The molecule has 0 spiro atoms. The van der Waals surface area contributed by atoms with Gasteiger partial charge < -0.3 is 9.64 Å². The van der Waals surface area contributed by atoms with Crippen LogP contribution >= 0.6 is 0 Å². The normalized spacial score (nSPS) is 24.5. The van der Waals surface area contributed by atoms with Gasteiger partial charge in [-0.25, -0.2) is 4.79 Å². The Balaban J connectivity index is 2.35. The zero-order valence-electron chi connectivity index (χ0n) is 7.33. The van der Waals surface area contributed by atoms with Crippen LogP contribution in [0.2, 0.25) is 0 Å². The van der Waals surface area contributed by atoms with E-state index in [1.165, 1.54) is 0 Å². The number of carbonyl (C=O) groups excluding carboxylic acids is 1. The molecule has 0 bridgehead atoms. The lowest BCUT2D eigenvalue weighted by Gasteiger charge is -2.09. The van der Waals surface area contributed by atoms with Crippen molar-refractivity contribution >= 4 is 6.09 Å². The highest BCUT2D eigenvalue weighted by Crippen LogP contribution is 2.15. The van der Waals surface area contributed by atoms with Crippen molar-refractivity contribution in [3.8, 4) is 0 Å². The largest absolute Gasteiger partial charge is 0.444 e. The van der Waals surface area contributed by atoms with Crippen molar-refractivity contribution in [2.45, 2.75) is 26.4 Å². The van der Waals surface area contributed by atoms with E-state index in [0.717, 1.165) is 13.0 Å². The highest BCUT2D eigenvalue weighted by molar-refractivity contribution is 5.69. The van der Waals surface area contributed by atoms with Crippen LogP contribution in [0, 0.1) is 5.92 Å². The third kappa shape index (κ3) is 2.10. The first-order valence-corrected chi connectivity index (χ1v) is 4.01. The first kappa shape index (κ1) is 8.37. The second-order valence-electron chi connectivity index (χ2n) is 3.52. The molecule has 11 heavy (non-hydrogen) atoms. The molecule has 3 heteroatoms. The van der Waals surface area contributed by atoms with Gasteiger partial charge in [-0.3, -0.25) is 0 Å². The molecule has 1 aliphatic heterocycles. The molecule has 1 rings (SSSR count). The van der Waals surface area contributed by atoms with Crippen molar-refractivity contribution in [3.63, 3.8) is 0 Å². The van der Waals surface area contributed by atoms with E-state index in [9.17, 15) is 4.79 Å². The van der Waals surface area contributed by atoms with Gasteiger partial charge in [0.05, 0.1) is 6.54 Å². The van der Waals surface area contributed by atoms with Gasteiger partial charge >= 0.3 is 6.09 Å². The Labute approximate surface area is 67.3 Å². The van der Waals surface area contributed by atoms with Crippen LogP contribution in [-0.2, 0) is 4.74 Å². The van der Waals surface area contributed by atoms with Crippen LogP contribution in [0.5, 0.6) is 0 Å². The number of hydrogen-bond acceptors (Lipinski definition) is 2. The molecule has 1 unspecified atom stereocenters. The van der Waals surface area contributed by atoms with Crippen LogP contribution in [0.1, 0.15) is 20.3 Å². The molecule has 1 heterocycles.